The molecule has 7 nitrogen and oxygen atoms in total. The zero-order valence-corrected chi connectivity index (χ0v) is 14.8. The van der Waals surface area contributed by atoms with Gasteiger partial charge in [0.05, 0.1) is 11.3 Å². The van der Waals surface area contributed by atoms with Crippen LogP contribution in [0.25, 0.3) is 0 Å². The van der Waals surface area contributed by atoms with Gasteiger partial charge in [-0.25, -0.2) is 9.78 Å². The van der Waals surface area contributed by atoms with E-state index in [4.69, 9.17) is 9.26 Å². The lowest BCUT2D eigenvalue weighted by molar-refractivity contribution is -0.133. The van der Waals surface area contributed by atoms with Crippen LogP contribution >= 0.6 is 11.8 Å². The van der Waals surface area contributed by atoms with Crippen molar-refractivity contribution in [3.05, 3.63) is 41.4 Å². The Labute approximate surface area is 149 Å². The summed E-state index contributed by atoms with van der Waals surface area (Å²) in [6.07, 6.45) is 3.62. The van der Waals surface area contributed by atoms with Crippen LogP contribution in [0.1, 0.15) is 34.7 Å². The van der Waals surface area contributed by atoms with Gasteiger partial charge in [-0.15, -0.1) is 0 Å². The zero-order valence-electron chi connectivity index (χ0n) is 13.9. The summed E-state index contributed by atoms with van der Waals surface area (Å²) >= 11 is 1.37. The molecule has 0 radical (unpaired) electrons. The normalized spacial score (nSPS) is 13.9. The molecule has 0 aliphatic carbocycles. The van der Waals surface area contributed by atoms with Gasteiger partial charge in [0.25, 0.3) is 5.91 Å². The number of hydrogen-bond donors (Lipinski definition) is 0. The third kappa shape index (κ3) is 4.60. The van der Waals surface area contributed by atoms with Crippen molar-refractivity contribution < 1.29 is 18.8 Å². The van der Waals surface area contributed by atoms with E-state index in [2.05, 4.69) is 10.1 Å². The first kappa shape index (κ1) is 17.5. The molecule has 1 amide bonds. The van der Waals surface area contributed by atoms with Crippen LogP contribution in [0.2, 0.25) is 0 Å². The van der Waals surface area contributed by atoms with Gasteiger partial charge in [0.2, 0.25) is 0 Å². The Balaban J connectivity index is 1.59. The minimum atomic E-state index is -0.542. The van der Waals surface area contributed by atoms with Crippen LogP contribution in [0.4, 0.5) is 0 Å². The van der Waals surface area contributed by atoms with Crippen molar-refractivity contribution in [1.82, 2.24) is 15.0 Å². The largest absolute Gasteiger partial charge is 0.452 e. The van der Waals surface area contributed by atoms with Gasteiger partial charge in [-0.1, -0.05) is 16.9 Å². The number of amides is 1. The number of carbonyl (C=O) groups is 2. The van der Waals surface area contributed by atoms with E-state index in [1.807, 2.05) is 13.0 Å². The number of aromatic nitrogens is 2. The van der Waals surface area contributed by atoms with Crippen molar-refractivity contribution in [1.29, 1.82) is 0 Å². The molecule has 2 aromatic rings. The summed E-state index contributed by atoms with van der Waals surface area (Å²) in [4.78, 5) is 30.3. The molecule has 0 N–H and O–H groups in total. The lowest BCUT2D eigenvalue weighted by Crippen LogP contribution is -2.32. The summed E-state index contributed by atoms with van der Waals surface area (Å²) < 4.78 is 10.2. The number of pyridine rings is 1. The van der Waals surface area contributed by atoms with Crippen LogP contribution < -0.4 is 0 Å². The highest BCUT2D eigenvalue weighted by Gasteiger charge is 2.21. The van der Waals surface area contributed by atoms with Crippen LogP contribution in [-0.4, -0.2) is 46.6 Å². The summed E-state index contributed by atoms with van der Waals surface area (Å²) in [5.74, 6) is 0.569. The van der Waals surface area contributed by atoms with Crippen molar-refractivity contribution in [3.63, 3.8) is 0 Å². The fourth-order valence-electron chi connectivity index (χ4n) is 2.55. The van der Waals surface area contributed by atoms with Crippen LogP contribution in [0.15, 0.2) is 33.9 Å². The van der Waals surface area contributed by atoms with Gasteiger partial charge in [0.15, 0.2) is 6.61 Å². The molecule has 0 aromatic carbocycles. The second-order valence-electron chi connectivity index (χ2n) is 5.74. The standard InChI is InChI=1S/C17H19N3O4S/c1-12-9-13(19-24-12)11-25-16-14(5-4-6-18-16)17(22)23-10-15(21)20-7-2-3-8-20/h4-6,9H,2-3,7-8,10-11H2,1H3. The number of rotatable bonds is 6. The van der Waals surface area contributed by atoms with E-state index in [0.29, 0.717) is 16.3 Å². The summed E-state index contributed by atoms with van der Waals surface area (Å²) in [6.45, 7) is 3.06. The summed E-state index contributed by atoms with van der Waals surface area (Å²) in [7, 11) is 0. The van der Waals surface area contributed by atoms with E-state index in [0.717, 1.165) is 37.4 Å². The van der Waals surface area contributed by atoms with Gasteiger partial charge in [-0.3, -0.25) is 4.79 Å². The number of thioether (sulfide) groups is 1. The molecule has 0 unspecified atom stereocenters. The van der Waals surface area contributed by atoms with Gasteiger partial charge in [-0.2, -0.15) is 0 Å². The van der Waals surface area contributed by atoms with Crippen molar-refractivity contribution in [2.75, 3.05) is 19.7 Å². The number of carbonyl (C=O) groups excluding carboxylic acids is 2. The summed E-state index contributed by atoms with van der Waals surface area (Å²) in [5.41, 5.74) is 1.12. The first-order valence-electron chi connectivity index (χ1n) is 8.08. The van der Waals surface area contributed by atoms with E-state index in [1.165, 1.54) is 11.8 Å². The van der Waals surface area contributed by atoms with Gasteiger partial charge in [0, 0.05) is 31.1 Å². The summed E-state index contributed by atoms with van der Waals surface area (Å²) in [6, 6.07) is 5.15. The number of esters is 1. The quantitative estimate of drug-likeness (QED) is 0.577. The molecular weight excluding hydrogens is 342 g/mol. The minimum absolute atomic E-state index is 0.151. The molecule has 3 heterocycles. The topological polar surface area (TPSA) is 85.5 Å². The zero-order chi connectivity index (χ0) is 17.6. The molecule has 1 fully saturated rings. The van der Waals surface area contributed by atoms with Crippen LogP contribution in [0.3, 0.4) is 0 Å². The maximum Gasteiger partial charge on any atom is 0.341 e. The second kappa shape index (κ2) is 8.15. The molecular formula is C17H19N3O4S. The van der Waals surface area contributed by atoms with E-state index in [-0.39, 0.29) is 12.5 Å². The molecule has 1 saturated heterocycles. The first-order chi connectivity index (χ1) is 12.1. The Morgan fingerprint density at radius 1 is 1.36 bits per heavy atom. The highest BCUT2D eigenvalue weighted by Crippen LogP contribution is 2.24. The Kier molecular flexibility index (Phi) is 5.70. The molecule has 0 bridgehead atoms. The molecule has 0 saturated carbocycles. The van der Waals surface area contributed by atoms with Crippen molar-refractivity contribution >= 4 is 23.6 Å². The predicted octanol–water partition coefficient (Wildman–Crippen LogP) is 2.45. The van der Waals surface area contributed by atoms with Crippen LogP contribution in [-0.2, 0) is 15.3 Å². The van der Waals surface area contributed by atoms with E-state index < -0.39 is 5.97 Å². The smallest absolute Gasteiger partial charge is 0.341 e. The second-order valence-corrected chi connectivity index (χ2v) is 6.70. The number of nitrogens with zero attached hydrogens (tertiary/aromatic N) is 3. The van der Waals surface area contributed by atoms with Crippen molar-refractivity contribution in [2.24, 2.45) is 0 Å². The Bertz CT molecular complexity index is 756. The molecule has 25 heavy (non-hydrogen) atoms. The van der Waals surface area contributed by atoms with Gasteiger partial charge in [-0.05, 0) is 31.9 Å². The number of likely N-dealkylation sites (tertiary alicyclic amines) is 1. The maximum atomic E-state index is 12.3. The van der Waals surface area contributed by atoms with Crippen LogP contribution in [0.5, 0.6) is 0 Å². The van der Waals surface area contributed by atoms with E-state index >= 15 is 0 Å². The molecule has 132 valence electrons. The fourth-order valence-corrected chi connectivity index (χ4v) is 3.42. The fraction of sp³-hybridized carbons (Fsp3) is 0.412. The highest BCUT2D eigenvalue weighted by atomic mass is 32.2. The third-order valence-corrected chi connectivity index (χ3v) is 4.85. The lowest BCUT2D eigenvalue weighted by atomic mass is 10.3. The summed E-state index contributed by atoms with van der Waals surface area (Å²) in [5, 5.41) is 4.46. The SMILES string of the molecule is Cc1cc(CSc2ncccc2C(=O)OCC(=O)N2CCCC2)no1. The molecule has 0 spiro atoms. The average molecular weight is 361 g/mol. The number of aryl methyl sites for hydroxylation is 1. The van der Waals surface area contributed by atoms with E-state index in [1.54, 1.807) is 23.2 Å². The third-order valence-electron chi connectivity index (χ3n) is 3.81. The predicted molar refractivity (Wildman–Crippen MR) is 91.1 cm³/mol. The molecule has 0 atom stereocenters. The Morgan fingerprint density at radius 2 is 2.16 bits per heavy atom. The van der Waals surface area contributed by atoms with Gasteiger partial charge < -0.3 is 14.2 Å². The maximum absolute atomic E-state index is 12.3. The lowest BCUT2D eigenvalue weighted by Gasteiger charge is -2.15. The monoisotopic (exact) mass is 361 g/mol. The van der Waals surface area contributed by atoms with Gasteiger partial charge in [0.1, 0.15) is 10.8 Å². The number of hydrogen-bond acceptors (Lipinski definition) is 7. The van der Waals surface area contributed by atoms with Crippen molar-refractivity contribution in [2.45, 2.75) is 30.5 Å². The molecule has 2 aromatic heterocycles. The molecule has 8 heteroatoms. The molecule has 3 rings (SSSR count). The minimum Gasteiger partial charge on any atom is -0.452 e. The van der Waals surface area contributed by atoms with Crippen molar-refractivity contribution in [3.8, 4) is 0 Å². The van der Waals surface area contributed by atoms with Gasteiger partial charge >= 0.3 is 5.97 Å². The first-order valence-corrected chi connectivity index (χ1v) is 9.07. The molecule has 1 aliphatic rings. The highest BCUT2D eigenvalue weighted by molar-refractivity contribution is 7.98. The molecule has 1 aliphatic heterocycles. The Morgan fingerprint density at radius 3 is 2.88 bits per heavy atom. The number of ether oxygens (including phenoxy) is 1. The van der Waals surface area contributed by atoms with Crippen LogP contribution in [0, 0.1) is 6.92 Å². The Hall–Kier alpha value is -2.35. The van der Waals surface area contributed by atoms with E-state index in [9.17, 15) is 9.59 Å². The average Bonchev–Trinajstić information content (AvgIpc) is 3.29.